The van der Waals surface area contributed by atoms with Crippen molar-refractivity contribution >= 4 is 22.7 Å². The smallest absolute Gasteiger partial charge is 0.166 e. The highest BCUT2D eigenvalue weighted by molar-refractivity contribution is 5.86. The minimum atomic E-state index is 0.464. The van der Waals surface area contributed by atoms with Crippen LogP contribution in [0.15, 0.2) is 42.7 Å². The highest BCUT2D eigenvalue weighted by atomic mass is 15.1. The number of hydrogen-bond donors (Lipinski definition) is 2. The normalized spacial score (nSPS) is 15.2. The third kappa shape index (κ3) is 3.91. The van der Waals surface area contributed by atoms with Gasteiger partial charge >= 0.3 is 0 Å². The molecule has 2 aromatic heterocycles. The number of likely N-dealkylation sites (tertiary alicyclic amines) is 1. The molecule has 3 N–H and O–H groups in total. The molecule has 1 aromatic carbocycles. The third-order valence-electron chi connectivity index (χ3n) is 4.86. The van der Waals surface area contributed by atoms with E-state index in [-0.39, 0.29) is 0 Å². The van der Waals surface area contributed by atoms with E-state index < -0.39 is 0 Å². The fourth-order valence-corrected chi connectivity index (χ4v) is 3.42. The molecule has 0 aliphatic carbocycles. The lowest BCUT2D eigenvalue weighted by Gasteiger charge is -2.26. The molecule has 6 nitrogen and oxygen atoms in total. The number of anilines is 2. The zero-order valence-electron chi connectivity index (χ0n) is 14.9. The van der Waals surface area contributed by atoms with Crippen LogP contribution in [0.5, 0.6) is 0 Å². The first-order chi connectivity index (χ1) is 12.8. The van der Waals surface area contributed by atoms with E-state index in [2.05, 4.69) is 49.4 Å². The highest BCUT2D eigenvalue weighted by Gasteiger charge is 2.10. The van der Waals surface area contributed by atoms with Crippen molar-refractivity contribution in [1.29, 1.82) is 0 Å². The molecule has 0 bridgehead atoms. The van der Waals surface area contributed by atoms with Gasteiger partial charge in [-0.3, -0.25) is 4.90 Å². The molecule has 1 aliphatic heterocycles. The summed E-state index contributed by atoms with van der Waals surface area (Å²) in [6.45, 7) is 4.21. The Morgan fingerprint density at radius 2 is 1.69 bits per heavy atom. The number of nitrogens with one attached hydrogen (secondary N) is 1. The van der Waals surface area contributed by atoms with E-state index in [0.29, 0.717) is 18.0 Å². The van der Waals surface area contributed by atoms with Gasteiger partial charge in [0.2, 0.25) is 0 Å². The summed E-state index contributed by atoms with van der Waals surface area (Å²) >= 11 is 0. The molecular formula is C20H24N6. The van der Waals surface area contributed by atoms with E-state index >= 15 is 0 Å². The van der Waals surface area contributed by atoms with E-state index in [9.17, 15) is 0 Å². The molecule has 0 atom stereocenters. The Labute approximate surface area is 153 Å². The molecule has 26 heavy (non-hydrogen) atoms. The second kappa shape index (κ2) is 7.66. The summed E-state index contributed by atoms with van der Waals surface area (Å²) in [5.41, 5.74) is 8.94. The number of nitrogens with two attached hydrogens (primary N) is 1. The molecule has 1 fully saturated rings. The fourth-order valence-electron chi connectivity index (χ4n) is 3.42. The maximum atomic E-state index is 5.72. The van der Waals surface area contributed by atoms with Gasteiger partial charge in [-0.1, -0.05) is 30.7 Å². The summed E-state index contributed by atoms with van der Waals surface area (Å²) in [5.74, 6) is 1.24. The summed E-state index contributed by atoms with van der Waals surface area (Å²) in [6.07, 6.45) is 5.55. The number of nitrogens with zero attached hydrogens (tertiary/aromatic N) is 4. The first-order valence-electron chi connectivity index (χ1n) is 9.19. The van der Waals surface area contributed by atoms with Gasteiger partial charge in [0.1, 0.15) is 18.0 Å². The molecule has 1 aliphatic rings. The van der Waals surface area contributed by atoms with Crippen molar-refractivity contribution in [3.63, 3.8) is 0 Å². The van der Waals surface area contributed by atoms with Gasteiger partial charge in [0, 0.05) is 13.1 Å². The van der Waals surface area contributed by atoms with Gasteiger partial charge in [-0.25, -0.2) is 15.0 Å². The molecule has 0 unspecified atom stereocenters. The van der Waals surface area contributed by atoms with E-state index in [1.165, 1.54) is 49.8 Å². The van der Waals surface area contributed by atoms with Crippen molar-refractivity contribution in [2.45, 2.75) is 32.4 Å². The quantitative estimate of drug-likeness (QED) is 0.737. The van der Waals surface area contributed by atoms with E-state index in [4.69, 9.17) is 5.73 Å². The highest BCUT2D eigenvalue weighted by Crippen LogP contribution is 2.19. The second-order valence-electron chi connectivity index (χ2n) is 6.84. The van der Waals surface area contributed by atoms with Gasteiger partial charge in [0.15, 0.2) is 5.65 Å². The van der Waals surface area contributed by atoms with Crippen LogP contribution in [0.25, 0.3) is 11.0 Å². The average molecular weight is 348 g/mol. The predicted molar refractivity (Wildman–Crippen MR) is 105 cm³/mol. The van der Waals surface area contributed by atoms with Crippen LogP contribution in [-0.2, 0) is 13.1 Å². The minimum absolute atomic E-state index is 0.464. The number of piperidine rings is 1. The van der Waals surface area contributed by atoms with Gasteiger partial charge < -0.3 is 11.1 Å². The Hall–Kier alpha value is -2.73. The largest absolute Gasteiger partial charge is 0.384 e. The Bertz CT molecular complexity index is 871. The van der Waals surface area contributed by atoms with Crippen LogP contribution in [0.3, 0.4) is 0 Å². The molecular weight excluding hydrogens is 324 g/mol. The first kappa shape index (κ1) is 16.7. The van der Waals surface area contributed by atoms with Crippen LogP contribution in [0, 0.1) is 0 Å². The van der Waals surface area contributed by atoms with E-state index in [1.807, 2.05) is 6.07 Å². The zero-order valence-corrected chi connectivity index (χ0v) is 14.9. The SMILES string of the molecule is Nc1ccc2c(NCc3ccc(CN4CCCCC4)cc3)ncnc2n1. The minimum Gasteiger partial charge on any atom is -0.384 e. The Kier molecular flexibility index (Phi) is 4.93. The van der Waals surface area contributed by atoms with Crippen LogP contribution >= 0.6 is 0 Å². The standard InChI is InChI=1S/C20H24N6/c21-18-9-8-17-19(23-14-24-20(17)25-18)22-12-15-4-6-16(7-5-15)13-26-10-2-1-3-11-26/h4-9,14H,1-3,10-13H2,(H3,21,22,23,24,25). The molecule has 1 saturated heterocycles. The van der Waals surface area contributed by atoms with Gasteiger partial charge in [-0.2, -0.15) is 0 Å². The third-order valence-corrected chi connectivity index (χ3v) is 4.86. The van der Waals surface area contributed by atoms with Crippen molar-refractivity contribution in [3.8, 4) is 0 Å². The van der Waals surface area contributed by atoms with Crippen LogP contribution in [-0.4, -0.2) is 32.9 Å². The van der Waals surface area contributed by atoms with Crippen molar-refractivity contribution in [1.82, 2.24) is 19.9 Å². The molecule has 0 saturated carbocycles. The zero-order chi connectivity index (χ0) is 17.8. The number of benzene rings is 1. The van der Waals surface area contributed by atoms with Gasteiger partial charge in [-0.15, -0.1) is 0 Å². The molecule has 3 aromatic rings. The number of fused-ring (bicyclic) bond motifs is 1. The van der Waals surface area contributed by atoms with Crippen molar-refractivity contribution in [2.24, 2.45) is 0 Å². The summed E-state index contributed by atoms with van der Waals surface area (Å²) < 4.78 is 0. The lowest BCUT2D eigenvalue weighted by atomic mass is 10.1. The topological polar surface area (TPSA) is 80.0 Å². The first-order valence-corrected chi connectivity index (χ1v) is 9.19. The van der Waals surface area contributed by atoms with Gasteiger partial charge in [-0.05, 0) is 49.2 Å². The molecule has 6 heteroatoms. The number of nitrogen functional groups attached to an aromatic ring is 1. The Balaban J connectivity index is 1.40. The number of aromatic nitrogens is 3. The summed E-state index contributed by atoms with van der Waals surface area (Å²) in [7, 11) is 0. The summed E-state index contributed by atoms with van der Waals surface area (Å²) in [5, 5.41) is 4.26. The summed E-state index contributed by atoms with van der Waals surface area (Å²) in [4.78, 5) is 15.3. The molecule has 0 radical (unpaired) electrons. The number of rotatable bonds is 5. The average Bonchev–Trinajstić information content (AvgIpc) is 2.68. The maximum Gasteiger partial charge on any atom is 0.166 e. The van der Waals surface area contributed by atoms with Crippen LogP contribution < -0.4 is 11.1 Å². The maximum absolute atomic E-state index is 5.72. The lowest BCUT2D eigenvalue weighted by Crippen LogP contribution is -2.29. The molecule has 4 rings (SSSR count). The van der Waals surface area contributed by atoms with Crippen LogP contribution in [0.4, 0.5) is 11.6 Å². The molecule has 134 valence electrons. The predicted octanol–water partition coefficient (Wildman–Crippen LogP) is 3.21. The second-order valence-corrected chi connectivity index (χ2v) is 6.84. The number of pyridine rings is 1. The van der Waals surface area contributed by atoms with Crippen molar-refractivity contribution in [2.75, 3.05) is 24.1 Å². The molecule has 0 amide bonds. The van der Waals surface area contributed by atoms with E-state index in [0.717, 1.165) is 17.7 Å². The monoisotopic (exact) mass is 348 g/mol. The van der Waals surface area contributed by atoms with Crippen molar-refractivity contribution < 1.29 is 0 Å². The fraction of sp³-hybridized carbons (Fsp3) is 0.350. The Morgan fingerprint density at radius 3 is 2.50 bits per heavy atom. The Morgan fingerprint density at radius 1 is 0.923 bits per heavy atom. The van der Waals surface area contributed by atoms with E-state index in [1.54, 1.807) is 6.07 Å². The molecule has 0 spiro atoms. The molecule has 3 heterocycles. The lowest BCUT2D eigenvalue weighted by molar-refractivity contribution is 0.221. The van der Waals surface area contributed by atoms with Crippen molar-refractivity contribution in [3.05, 3.63) is 53.9 Å². The van der Waals surface area contributed by atoms with Crippen LogP contribution in [0.1, 0.15) is 30.4 Å². The van der Waals surface area contributed by atoms with Gasteiger partial charge in [0.25, 0.3) is 0 Å². The summed E-state index contributed by atoms with van der Waals surface area (Å²) in [6, 6.07) is 12.5. The van der Waals surface area contributed by atoms with Gasteiger partial charge in [0.05, 0.1) is 5.39 Å². The number of hydrogen-bond acceptors (Lipinski definition) is 6. The van der Waals surface area contributed by atoms with Crippen LogP contribution in [0.2, 0.25) is 0 Å².